The van der Waals surface area contributed by atoms with Crippen molar-refractivity contribution in [3.63, 3.8) is 0 Å². The van der Waals surface area contributed by atoms with Gasteiger partial charge in [0.1, 0.15) is 18.2 Å². The lowest BCUT2D eigenvalue weighted by atomic mass is 9.94. The Labute approximate surface area is 131 Å². The highest BCUT2D eigenvalue weighted by atomic mass is 127. The van der Waals surface area contributed by atoms with Crippen LogP contribution in [0.15, 0.2) is 30.3 Å². The average Bonchev–Trinajstić information content (AvgIpc) is 2.44. The van der Waals surface area contributed by atoms with Crippen LogP contribution in [0.3, 0.4) is 0 Å². The fourth-order valence-electron chi connectivity index (χ4n) is 2.06. The summed E-state index contributed by atoms with van der Waals surface area (Å²) in [5.74, 6) is -0.437. The molecule has 1 N–H and O–H groups in total. The average molecular weight is 389 g/mol. The van der Waals surface area contributed by atoms with Crippen LogP contribution in [-0.2, 0) is 20.9 Å². The second-order valence-electron chi connectivity index (χ2n) is 4.90. The Morgan fingerprint density at radius 1 is 1.50 bits per heavy atom. The van der Waals surface area contributed by atoms with Crippen LogP contribution in [0.1, 0.15) is 18.9 Å². The zero-order valence-corrected chi connectivity index (χ0v) is 13.3. The van der Waals surface area contributed by atoms with Crippen molar-refractivity contribution in [3.8, 4) is 0 Å². The molecule has 0 aromatic heterocycles. The van der Waals surface area contributed by atoms with Crippen LogP contribution in [0.5, 0.6) is 0 Å². The summed E-state index contributed by atoms with van der Waals surface area (Å²) in [5.41, 5.74) is -0.117. The molecule has 1 aromatic rings. The van der Waals surface area contributed by atoms with Crippen LogP contribution in [0.4, 0.5) is 4.79 Å². The Morgan fingerprint density at radius 3 is 2.85 bits per heavy atom. The minimum absolute atomic E-state index is 0.195. The lowest BCUT2D eigenvalue weighted by Gasteiger charge is -2.35. The molecule has 1 amide bonds. The third-order valence-electron chi connectivity index (χ3n) is 3.12. The molecule has 0 saturated carbocycles. The summed E-state index contributed by atoms with van der Waals surface area (Å²) in [7, 11) is 0. The van der Waals surface area contributed by atoms with Gasteiger partial charge in [0.2, 0.25) is 0 Å². The van der Waals surface area contributed by atoms with Gasteiger partial charge < -0.3 is 14.8 Å². The Hall–Kier alpha value is -1.31. The molecule has 0 spiro atoms. The summed E-state index contributed by atoms with van der Waals surface area (Å²) in [4.78, 5) is 23.7. The third-order valence-corrected chi connectivity index (χ3v) is 4.11. The normalized spacial score (nSPS) is 25.5. The number of hydrogen-bond acceptors (Lipinski definition) is 4. The molecule has 1 aliphatic heterocycles. The molecule has 0 aliphatic carbocycles. The number of ether oxygens (including phenoxy) is 2. The Morgan fingerprint density at radius 2 is 2.20 bits per heavy atom. The van der Waals surface area contributed by atoms with E-state index in [9.17, 15) is 9.59 Å². The van der Waals surface area contributed by atoms with Crippen LogP contribution in [0.2, 0.25) is 0 Å². The van der Waals surface area contributed by atoms with Crippen molar-refractivity contribution in [2.75, 3.05) is 4.43 Å². The van der Waals surface area contributed by atoms with Gasteiger partial charge >= 0.3 is 12.1 Å². The van der Waals surface area contributed by atoms with E-state index in [0.29, 0.717) is 10.8 Å². The SMILES string of the molecule is C[C@@]1(C(=O)OCc2ccccc2)C[C@H](CI)OC(=O)N1. The summed E-state index contributed by atoms with van der Waals surface area (Å²) < 4.78 is 11.0. The number of halogens is 1. The van der Waals surface area contributed by atoms with E-state index in [1.165, 1.54) is 0 Å². The molecular formula is C14H16INO4. The zero-order valence-electron chi connectivity index (χ0n) is 11.1. The monoisotopic (exact) mass is 389 g/mol. The van der Waals surface area contributed by atoms with Crippen LogP contribution in [0, 0.1) is 0 Å². The first-order valence-electron chi connectivity index (χ1n) is 6.29. The van der Waals surface area contributed by atoms with Crippen LogP contribution < -0.4 is 5.32 Å². The number of nitrogens with one attached hydrogen (secondary N) is 1. The lowest BCUT2D eigenvalue weighted by Crippen LogP contribution is -2.59. The predicted molar refractivity (Wildman–Crippen MR) is 81.6 cm³/mol. The van der Waals surface area contributed by atoms with Gasteiger partial charge in [-0.1, -0.05) is 52.9 Å². The number of carbonyl (C=O) groups is 2. The van der Waals surface area contributed by atoms with Crippen molar-refractivity contribution in [2.24, 2.45) is 0 Å². The van der Waals surface area contributed by atoms with Gasteiger partial charge in [-0.2, -0.15) is 0 Å². The molecule has 5 nitrogen and oxygen atoms in total. The van der Waals surface area contributed by atoms with Gasteiger partial charge in [-0.15, -0.1) is 0 Å². The molecule has 1 heterocycles. The maximum Gasteiger partial charge on any atom is 0.408 e. The minimum atomic E-state index is -1.03. The van der Waals surface area contributed by atoms with Crippen LogP contribution in [-0.4, -0.2) is 28.1 Å². The van der Waals surface area contributed by atoms with E-state index >= 15 is 0 Å². The van der Waals surface area contributed by atoms with Gasteiger partial charge in [-0.25, -0.2) is 9.59 Å². The maximum atomic E-state index is 12.2. The molecule has 1 saturated heterocycles. The number of rotatable bonds is 4. The first kappa shape index (κ1) is 15.1. The first-order valence-corrected chi connectivity index (χ1v) is 7.82. The molecule has 20 heavy (non-hydrogen) atoms. The van der Waals surface area contributed by atoms with Gasteiger partial charge in [-0.05, 0) is 12.5 Å². The molecule has 6 heteroatoms. The molecule has 1 aromatic carbocycles. The molecule has 2 rings (SSSR count). The van der Waals surface area contributed by atoms with Crippen molar-refractivity contribution >= 4 is 34.7 Å². The van der Waals surface area contributed by atoms with Crippen molar-refractivity contribution in [3.05, 3.63) is 35.9 Å². The van der Waals surface area contributed by atoms with Gasteiger partial charge in [-0.3, -0.25) is 0 Å². The molecule has 108 valence electrons. The number of alkyl carbamates (subject to hydrolysis) is 1. The molecular weight excluding hydrogens is 373 g/mol. The minimum Gasteiger partial charge on any atom is -0.459 e. The Bertz CT molecular complexity index is 493. The smallest absolute Gasteiger partial charge is 0.408 e. The summed E-state index contributed by atoms with van der Waals surface area (Å²) in [6, 6.07) is 9.43. The van der Waals surface area contributed by atoms with E-state index in [1.54, 1.807) is 6.92 Å². The van der Waals surface area contributed by atoms with Gasteiger partial charge in [0.25, 0.3) is 0 Å². The Balaban J connectivity index is 1.98. The number of benzene rings is 1. The molecule has 2 atom stereocenters. The number of esters is 1. The summed E-state index contributed by atoms with van der Waals surface area (Å²) in [5, 5.41) is 2.55. The van der Waals surface area contributed by atoms with Crippen molar-refractivity contribution in [1.29, 1.82) is 0 Å². The molecule has 0 radical (unpaired) electrons. The second-order valence-corrected chi connectivity index (χ2v) is 5.79. The largest absolute Gasteiger partial charge is 0.459 e. The van der Waals surface area contributed by atoms with E-state index in [4.69, 9.17) is 9.47 Å². The fraction of sp³-hybridized carbons (Fsp3) is 0.429. The standard InChI is InChI=1S/C14H16INO4/c1-14(7-11(8-15)20-13(18)16-14)12(17)19-9-10-5-3-2-4-6-10/h2-6,11H,7-9H2,1H3,(H,16,18)/t11-,14+/m1/s1. The van der Waals surface area contributed by atoms with Gasteiger partial charge in [0.05, 0.1) is 0 Å². The zero-order chi connectivity index (χ0) is 14.6. The molecule has 1 aliphatic rings. The topological polar surface area (TPSA) is 64.6 Å². The van der Waals surface area contributed by atoms with Crippen LogP contribution >= 0.6 is 22.6 Å². The summed E-state index contributed by atoms with van der Waals surface area (Å²) in [6.07, 6.45) is -0.425. The second kappa shape index (κ2) is 6.43. The van der Waals surface area contributed by atoms with Crippen LogP contribution in [0.25, 0.3) is 0 Å². The molecule has 1 fully saturated rings. The lowest BCUT2D eigenvalue weighted by molar-refractivity contribution is -0.155. The quantitative estimate of drug-likeness (QED) is 0.488. The van der Waals surface area contributed by atoms with E-state index in [2.05, 4.69) is 27.9 Å². The highest BCUT2D eigenvalue weighted by Gasteiger charge is 2.43. The highest BCUT2D eigenvalue weighted by Crippen LogP contribution is 2.23. The van der Waals surface area contributed by atoms with Gasteiger partial charge in [0.15, 0.2) is 0 Å². The summed E-state index contributed by atoms with van der Waals surface area (Å²) in [6.45, 7) is 1.86. The predicted octanol–water partition coefficient (Wildman–Crippen LogP) is 2.42. The number of alkyl halides is 1. The first-order chi connectivity index (χ1) is 9.53. The van der Waals surface area contributed by atoms with E-state index in [-0.39, 0.29) is 12.7 Å². The van der Waals surface area contributed by atoms with E-state index in [0.717, 1.165) is 5.56 Å². The fourth-order valence-corrected chi connectivity index (χ4v) is 2.55. The molecule has 0 unspecified atom stereocenters. The third kappa shape index (κ3) is 3.62. The number of cyclic esters (lactones) is 1. The number of amides is 1. The van der Waals surface area contributed by atoms with Crippen molar-refractivity contribution < 1.29 is 19.1 Å². The van der Waals surface area contributed by atoms with E-state index < -0.39 is 17.6 Å². The number of hydrogen-bond donors (Lipinski definition) is 1. The van der Waals surface area contributed by atoms with Crippen molar-refractivity contribution in [2.45, 2.75) is 31.6 Å². The molecule has 0 bridgehead atoms. The van der Waals surface area contributed by atoms with E-state index in [1.807, 2.05) is 30.3 Å². The Kier molecular flexibility index (Phi) is 4.85. The summed E-state index contributed by atoms with van der Waals surface area (Å²) >= 11 is 2.13. The maximum absolute atomic E-state index is 12.2. The van der Waals surface area contributed by atoms with Gasteiger partial charge in [0, 0.05) is 10.8 Å². The number of carbonyl (C=O) groups excluding carboxylic acids is 2. The highest BCUT2D eigenvalue weighted by molar-refractivity contribution is 14.1. The van der Waals surface area contributed by atoms with Crippen molar-refractivity contribution in [1.82, 2.24) is 5.32 Å².